The zero-order valence-electron chi connectivity index (χ0n) is 7.82. The lowest BCUT2D eigenvalue weighted by atomic mass is 9.88. The number of carboxylic acid groups (broad SMARTS) is 1. The summed E-state index contributed by atoms with van der Waals surface area (Å²) in [6.45, 7) is 0. The van der Waals surface area contributed by atoms with E-state index in [1.54, 1.807) is 0 Å². The second-order valence-corrected chi connectivity index (χ2v) is 5.51. The highest BCUT2D eigenvalue weighted by Gasteiger charge is 2.34. The molecule has 0 radical (unpaired) electrons. The average Bonchev–Trinajstić information content (AvgIpc) is 2.71. The molecule has 1 aromatic heterocycles. The highest BCUT2D eigenvalue weighted by atomic mass is 32.1. The van der Waals surface area contributed by atoms with Crippen molar-refractivity contribution < 1.29 is 9.90 Å². The molecule has 1 N–H and O–H groups in total. The van der Waals surface area contributed by atoms with E-state index >= 15 is 0 Å². The summed E-state index contributed by atoms with van der Waals surface area (Å²) in [7, 11) is 0. The van der Waals surface area contributed by atoms with Crippen LogP contribution in [0.3, 0.4) is 0 Å². The maximum absolute atomic E-state index is 10.8. The van der Waals surface area contributed by atoms with E-state index in [0.717, 1.165) is 12.3 Å². The van der Waals surface area contributed by atoms with Gasteiger partial charge in [0.15, 0.2) is 0 Å². The molecule has 1 saturated carbocycles. The molecule has 2 nitrogen and oxygen atoms in total. The highest BCUT2D eigenvalue weighted by molar-refractivity contribution is 7.14. The smallest absolute Gasteiger partial charge is 0.345 e. The Kier molecular flexibility index (Phi) is 1.71. The van der Waals surface area contributed by atoms with Crippen molar-refractivity contribution in [1.82, 2.24) is 0 Å². The van der Waals surface area contributed by atoms with Gasteiger partial charge in [0.05, 0.1) is 0 Å². The number of rotatable bonds is 1. The molecule has 1 heterocycles. The Morgan fingerprint density at radius 3 is 3.14 bits per heavy atom. The summed E-state index contributed by atoms with van der Waals surface area (Å²) in [6, 6.07) is 1.91. The molecule has 1 aromatic rings. The molecule has 2 bridgehead atoms. The summed E-state index contributed by atoms with van der Waals surface area (Å²) in [5.41, 5.74) is 1.35. The van der Waals surface area contributed by atoms with Gasteiger partial charge in [0, 0.05) is 4.88 Å². The lowest BCUT2D eigenvalue weighted by molar-refractivity contribution is 0.0702. The Morgan fingerprint density at radius 1 is 1.50 bits per heavy atom. The molecule has 0 aliphatic heterocycles. The van der Waals surface area contributed by atoms with E-state index in [9.17, 15) is 4.79 Å². The largest absolute Gasteiger partial charge is 0.477 e. The third-order valence-electron chi connectivity index (χ3n) is 3.51. The molecule has 2 atom stereocenters. The Hall–Kier alpha value is -0.830. The van der Waals surface area contributed by atoms with E-state index < -0.39 is 5.97 Å². The predicted molar refractivity (Wildman–Crippen MR) is 55.1 cm³/mol. The lowest BCUT2D eigenvalue weighted by Crippen LogP contribution is -2.06. The first-order valence-electron chi connectivity index (χ1n) is 5.10. The Bertz CT molecular complexity index is 394. The van der Waals surface area contributed by atoms with Crippen LogP contribution in [0.15, 0.2) is 6.07 Å². The molecule has 0 aromatic carbocycles. The fourth-order valence-corrected chi connectivity index (χ4v) is 4.06. The minimum absolute atomic E-state index is 0.530. The van der Waals surface area contributed by atoms with Crippen LogP contribution in [0, 0.1) is 5.92 Å². The summed E-state index contributed by atoms with van der Waals surface area (Å²) in [6.07, 6.45) is 5.04. The minimum atomic E-state index is -0.764. The van der Waals surface area contributed by atoms with Crippen molar-refractivity contribution in [2.45, 2.75) is 31.6 Å². The fourth-order valence-electron chi connectivity index (χ4n) is 2.86. The zero-order valence-corrected chi connectivity index (χ0v) is 8.64. The van der Waals surface area contributed by atoms with Crippen molar-refractivity contribution in [3.05, 3.63) is 21.4 Å². The van der Waals surface area contributed by atoms with Crippen LogP contribution < -0.4 is 0 Å². The maximum atomic E-state index is 10.8. The summed E-state index contributed by atoms with van der Waals surface area (Å²) in [5.74, 6) is 0.751. The topological polar surface area (TPSA) is 37.3 Å². The van der Waals surface area contributed by atoms with Gasteiger partial charge in [-0.3, -0.25) is 0 Å². The van der Waals surface area contributed by atoms with Crippen molar-refractivity contribution in [3.8, 4) is 0 Å². The van der Waals surface area contributed by atoms with Gasteiger partial charge in [-0.25, -0.2) is 4.79 Å². The van der Waals surface area contributed by atoms with Gasteiger partial charge < -0.3 is 5.11 Å². The second kappa shape index (κ2) is 2.83. The monoisotopic (exact) mass is 208 g/mol. The molecule has 2 unspecified atom stereocenters. The van der Waals surface area contributed by atoms with Crippen LogP contribution >= 0.6 is 11.3 Å². The molecule has 74 valence electrons. The van der Waals surface area contributed by atoms with Crippen molar-refractivity contribution in [1.29, 1.82) is 0 Å². The van der Waals surface area contributed by atoms with Crippen molar-refractivity contribution in [2.24, 2.45) is 5.92 Å². The molecular formula is C11H12O2S. The fraction of sp³-hybridized carbons (Fsp3) is 0.545. The Balaban J connectivity index is 2.05. The first kappa shape index (κ1) is 8.48. The van der Waals surface area contributed by atoms with Crippen LogP contribution in [-0.4, -0.2) is 11.1 Å². The standard InChI is InChI=1S/C11H12O2S/c12-11(13)10-5-8-7-2-1-6(3-7)4-9(8)14-10/h5-7H,1-4H2,(H,12,13). The molecule has 0 amide bonds. The number of hydrogen-bond donors (Lipinski definition) is 1. The van der Waals surface area contributed by atoms with Crippen LogP contribution in [0.5, 0.6) is 0 Å². The summed E-state index contributed by atoms with van der Waals surface area (Å²) < 4.78 is 0. The first-order valence-corrected chi connectivity index (χ1v) is 5.91. The van der Waals surface area contributed by atoms with Gasteiger partial charge in [-0.2, -0.15) is 0 Å². The van der Waals surface area contributed by atoms with E-state index in [-0.39, 0.29) is 0 Å². The van der Waals surface area contributed by atoms with Gasteiger partial charge >= 0.3 is 5.97 Å². The third kappa shape index (κ3) is 1.12. The van der Waals surface area contributed by atoms with E-state index in [2.05, 4.69) is 0 Å². The van der Waals surface area contributed by atoms with E-state index in [4.69, 9.17) is 5.11 Å². The van der Waals surface area contributed by atoms with Crippen molar-refractivity contribution >= 4 is 17.3 Å². The van der Waals surface area contributed by atoms with Crippen molar-refractivity contribution in [2.75, 3.05) is 0 Å². The Labute approximate surface area is 86.6 Å². The molecular weight excluding hydrogens is 196 g/mol. The van der Waals surface area contributed by atoms with Gasteiger partial charge in [0.1, 0.15) is 4.88 Å². The van der Waals surface area contributed by atoms with E-state index in [1.807, 2.05) is 6.07 Å². The molecule has 2 aliphatic carbocycles. The SMILES string of the molecule is O=C(O)c1cc2c(s1)CC1CCC2C1. The molecule has 0 spiro atoms. The number of carboxylic acids is 1. The van der Waals surface area contributed by atoms with Gasteiger partial charge in [-0.1, -0.05) is 0 Å². The van der Waals surface area contributed by atoms with Crippen LogP contribution in [0.1, 0.15) is 45.3 Å². The normalized spacial score (nSPS) is 28.9. The number of hydrogen-bond acceptors (Lipinski definition) is 2. The number of thiophene rings is 1. The lowest BCUT2D eigenvalue weighted by Gasteiger charge is -2.18. The van der Waals surface area contributed by atoms with Gasteiger partial charge in [-0.05, 0) is 49.1 Å². The van der Waals surface area contributed by atoms with Crippen molar-refractivity contribution in [3.63, 3.8) is 0 Å². The first-order chi connectivity index (χ1) is 6.74. The quantitative estimate of drug-likeness (QED) is 0.770. The van der Waals surface area contributed by atoms with E-state index in [0.29, 0.717) is 10.8 Å². The summed E-state index contributed by atoms with van der Waals surface area (Å²) >= 11 is 1.49. The van der Waals surface area contributed by atoms with E-state index in [1.165, 1.54) is 41.0 Å². The van der Waals surface area contributed by atoms with Crippen LogP contribution in [0.2, 0.25) is 0 Å². The predicted octanol–water partition coefficient (Wildman–Crippen LogP) is 2.89. The van der Waals surface area contributed by atoms with Gasteiger partial charge in [0.25, 0.3) is 0 Å². The summed E-state index contributed by atoms with van der Waals surface area (Å²) in [5, 5.41) is 8.91. The average molecular weight is 208 g/mol. The van der Waals surface area contributed by atoms with Gasteiger partial charge in [-0.15, -0.1) is 11.3 Å². The zero-order chi connectivity index (χ0) is 9.71. The Morgan fingerprint density at radius 2 is 2.36 bits per heavy atom. The van der Waals surface area contributed by atoms with Crippen LogP contribution in [0.25, 0.3) is 0 Å². The molecule has 3 rings (SSSR count). The molecule has 2 aliphatic rings. The third-order valence-corrected chi connectivity index (χ3v) is 4.67. The summed E-state index contributed by atoms with van der Waals surface area (Å²) in [4.78, 5) is 12.7. The van der Waals surface area contributed by atoms with Gasteiger partial charge in [0.2, 0.25) is 0 Å². The molecule has 14 heavy (non-hydrogen) atoms. The maximum Gasteiger partial charge on any atom is 0.345 e. The van der Waals surface area contributed by atoms with Crippen LogP contribution in [0.4, 0.5) is 0 Å². The number of fused-ring (bicyclic) bond motifs is 4. The number of aromatic carboxylic acids is 1. The van der Waals surface area contributed by atoms with Crippen LogP contribution in [-0.2, 0) is 6.42 Å². The minimum Gasteiger partial charge on any atom is -0.477 e. The highest BCUT2D eigenvalue weighted by Crippen LogP contribution is 2.48. The second-order valence-electron chi connectivity index (χ2n) is 4.37. The molecule has 1 fully saturated rings. The number of carbonyl (C=O) groups is 1. The molecule has 3 heteroatoms. The molecule has 0 saturated heterocycles.